The number of aromatic nitrogens is 1. The number of Topliss-reactive ketones (excluding diaryl/α,β-unsaturated/α-hetero) is 1. The molecule has 0 atom stereocenters. The Kier molecular flexibility index (Phi) is 4.65. The van der Waals surface area contributed by atoms with Gasteiger partial charge >= 0.3 is 0 Å². The molecule has 0 saturated carbocycles. The van der Waals surface area contributed by atoms with Crippen LogP contribution in [0.15, 0.2) is 22.9 Å². The first-order valence-electron chi connectivity index (χ1n) is 5.78. The molecule has 2 rings (SSSR count). The zero-order chi connectivity index (χ0) is 12.1. The molecular formula is C12H16BrN3O. The summed E-state index contributed by atoms with van der Waals surface area (Å²) in [4.78, 5) is 18.1. The van der Waals surface area contributed by atoms with Gasteiger partial charge in [-0.05, 0) is 27.6 Å². The first kappa shape index (κ1) is 12.7. The molecule has 0 unspecified atom stereocenters. The standard InChI is InChI=1S/C12H16BrN3O/c13-11-5-10(7-15-8-11)6-12(17)9-16-3-1-14-2-4-16/h5,7-8,14H,1-4,6,9H2. The van der Waals surface area contributed by atoms with Crippen LogP contribution in [0.25, 0.3) is 0 Å². The molecule has 0 aromatic carbocycles. The molecule has 1 aliphatic rings. The quantitative estimate of drug-likeness (QED) is 0.895. The number of hydrogen-bond donors (Lipinski definition) is 1. The van der Waals surface area contributed by atoms with Gasteiger partial charge in [-0.3, -0.25) is 14.7 Å². The Morgan fingerprint density at radius 1 is 1.41 bits per heavy atom. The Bertz CT molecular complexity index is 391. The fourth-order valence-corrected chi connectivity index (χ4v) is 2.37. The smallest absolute Gasteiger partial charge is 0.151 e. The van der Waals surface area contributed by atoms with Crippen LogP contribution in [0.2, 0.25) is 0 Å². The summed E-state index contributed by atoms with van der Waals surface area (Å²) in [5, 5.41) is 3.28. The maximum Gasteiger partial charge on any atom is 0.151 e. The normalized spacial score (nSPS) is 17.0. The van der Waals surface area contributed by atoms with E-state index in [-0.39, 0.29) is 5.78 Å². The summed E-state index contributed by atoms with van der Waals surface area (Å²) in [5.41, 5.74) is 0.972. The zero-order valence-electron chi connectivity index (χ0n) is 9.66. The van der Waals surface area contributed by atoms with E-state index in [1.807, 2.05) is 6.07 Å². The van der Waals surface area contributed by atoms with Gasteiger partial charge in [0.2, 0.25) is 0 Å². The monoisotopic (exact) mass is 297 g/mol. The maximum atomic E-state index is 11.9. The van der Waals surface area contributed by atoms with Gasteiger partial charge in [0.25, 0.3) is 0 Å². The van der Waals surface area contributed by atoms with Gasteiger partial charge in [-0.25, -0.2) is 0 Å². The van der Waals surface area contributed by atoms with E-state index in [9.17, 15) is 4.79 Å². The van der Waals surface area contributed by atoms with Crippen LogP contribution >= 0.6 is 15.9 Å². The average molecular weight is 298 g/mol. The van der Waals surface area contributed by atoms with Crippen LogP contribution in [0.5, 0.6) is 0 Å². The minimum absolute atomic E-state index is 0.256. The number of nitrogens with one attached hydrogen (secondary N) is 1. The zero-order valence-corrected chi connectivity index (χ0v) is 11.2. The molecule has 5 heteroatoms. The lowest BCUT2D eigenvalue weighted by atomic mass is 10.1. The van der Waals surface area contributed by atoms with Crippen LogP contribution in [0.3, 0.4) is 0 Å². The number of halogens is 1. The van der Waals surface area contributed by atoms with Crippen molar-refractivity contribution in [2.24, 2.45) is 0 Å². The minimum Gasteiger partial charge on any atom is -0.314 e. The first-order chi connectivity index (χ1) is 8.24. The number of hydrogen-bond acceptors (Lipinski definition) is 4. The fraction of sp³-hybridized carbons (Fsp3) is 0.500. The summed E-state index contributed by atoms with van der Waals surface area (Å²) in [7, 11) is 0. The van der Waals surface area contributed by atoms with E-state index in [0.717, 1.165) is 36.2 Å². The minimum atomic E-state index is 0.256. The summed E-state index contributed by atoms with van der Waals surface area (Å²) in [6.07, 6.45) is 3.95. The van der Waals surface area contributed by atoms with Crippen LogP contribution in [0, 0.1) is 0 Å². The van der Waals surface area contributed by atoms with Crippen molar-refractivity contribution in [2.45, 2.75) is 6.42 Å². The van der Waals surface area contributed by atoms with Gasteiger partial charge in [0.05, 0.1) is 6.54 Å². The topological polar surface area (TPSA) is 45.2 Å². The SMILES string of the molecule is O=C(Cc1cncc(Br)c1)CN1CCNCC1. The molecule has 1 N–H and O–H groups in total. The Hall–Kier alpha value is -0.780. The van der Waals surface area contributed by atoms with E-state index >= 15 is 0 Å². The molecular weight excluding hydrogens is 282 g/mol. The Morgan fingerprint density at radius 3 is 2.88 bits per heavy atom. The van der Waals surface area contributed by atoms with Crippen molar-refractivity contribution in [1.29, 1.82) is 0 Å². The Labute approximate surface area is 110 Å². The van der Waals surface area contributed by atoms with Crippen molar-refractivity contribution in [3.8, 4) is 0 Å². The number of rotatable bonds is 4. The Morgan fingerprint density at radius 2 is 2.18 bits per heavy atom. The lowest BCUT2D eigenvalue weighted by Crippen LogP contribution is -2.45. The molecule has 1 aromatic heterocycles. The second-order valence-electron chi connectivity index (χ2n) is 4.25. The molecule has 1 saturated heterocycles. The lowest BCUT2D eigenvalue weighted by molar-refractivity contribution is -0.119. The molecule has 0 spiro atoms. The predicted molar refractivity (Wildman–Crippen MR) is 70.0 cm³/mol. The van der Waals surface area contributed by atoms with Crippen molar-refractivity contribution in [2.75, 3.05) is 32.7 Å². The molecule has 92 valence electrons. The number of nitrogens with zero attached hydrogens (tertiary/aromatic N) is 2. The molecule has 17 heavy (non-hydrogen) atoms. The van der Waals surface area contributed by atoms with Gasteiger partial charge < -0.3 is 5.32 Å². The van der Waals surface area contributed by atoms with Crippen LogP contribution in [-0.4, -0.2) is 48.4 Å². The molecule has 4 nitrogen and oxygen atoms in total. The van der Waals surface area contributed by atoms with Crippen molar-refractivity contribution in [1.82, 2.24) is 15.2 Å². The van der Waals surface area contributed by atoms with E-state index < -0.39 is 0 Å². The maximum absolute atomic E-state index is 11.9. The first-order valence-corrected chi connectivity index (χ1v) is 6.57. The average Bonchev–Trinajstić information content (AvgIpc) is 2.30. The van der Waals surface area contributed by atoms with E-state index in [2.05, 4.69) is 31.1 Å². The van der Waals surface area contributed by atoms with E-state index in [1.165, 1.54) is 0 Å². The van der Waals surface area contributed by atoms with Crippen molar-refractivity contribution < 1.29 is 4.79 Å². The van der Waals surface area contributed by atoms with Crippen LogP contribution in [0.4, 0.5) is 0 Å². The van der Waals surface area contributed by atoms with Gasteiger partial charge in [0.1, 0.15) is 0 Å². The third-order valence-electron chi connectivity index (χ3n) is 2.77. The molecule has 1 aromatic rings. The number of piperazine rings is 1. The predicted octanol–water partition coefficient (Wildman–Crippen LogP) is 0.861. The summed E-state index contributed by atoms with van der Waals surface area (Å²) in [6.45, 7) is 4.43. The number of carbonyl (C=O) groups is 1. The number of carbonyl (C=O) groups excluding carboxylic acids is 1. The lowest BCUT2D eigenvalue weighted by Gasteiger charge is -2.26. The molecule has 0 amide bonds. The number of ketones is 1. The Balaban J connectivity index is 1.84. The van der Waals surface area contributed by atoms with Crippen LogP contribution in [-0.2, 0) is 11.2 Å². The highest BCUT2D eigenvalue weighted by molar-refractivity contribution is 9.10. The van der Waals surface area contributed by atoms with E-state index in [0.29, 0.717) is 13.0 Å². The van der Waals surface area contributed by atoms with Gasteiger partial charge in [0, 0.05) is 49.5 Å². The summed E-state index contributed by atoms with van der Waals surface area (Å²) >= 11 is 3.36. The fourth-order valence-electron chi connectivity index (χ4n) is 1.95. The summed E-state index contributed by atoms with van der Waals surface area (Å²) < 4.78 is 0.921. The second kappa shape index (κ2) is 6.23. The largest absolute Gasteiger partial charge is 0.314 e. The van der Waals surface area contributed by atoms with Crippen molar-refractivity contribution in [3.63, 3.8) is 0 Å². The van der Waals surface area contributed by atoms with Gasteiger partial charge in [0.15, 0.2) is 5.78 Å². The van der Waals surface area contributed by atoms with Crippen molar-refractivity contribution >= 4 is 21.7 Å². The highest BCUT2D eigenvalue weighted by Gasteiger charge is 2.13. The highest BCUT2D eigenvalue weighted by atomic mass is 79.9. The molecule has 0 aliphatic carbocycles. The number of pyridine rings is 1. The van der Waals surface area contributed by atoms with Gasteiger partial charge in [-0.1, -0.05) is 0 Å². The molecule has 0 bridgehead atoms. The molecule has 0 radical (unpaired) electrons. The van der Waals surface area contributed by atoms with Crippen molar-refractivity contribution in [3.05, 3.63) is 28.5 Å². The van der Waals surface area contributed by atoms with Gasteiger partial charge in [-0.2, -0.15) is 0 Å². The molecule has 1 fully saturated rings. The third-order valence-corrected chi connectivity index (χ3v) is 3.21. The molecule has 1 aliphatic heterocycles. The van der Waals surface area contributed by atoms with Gasteiger partial charge in [-0.15, -0.1) is 0 Å². The van der Waals surface area contributed by atoms with Crippen LogP contribution < -0.4 is 5.32 Å². The summed E-state index contributed by atoms with van der Waals surface area (Å²) in [5.74, 6) is 0.256. The second-order valence-corrected chi connectivity index (χ2v) is 5.17. The van der Waals surface area contributed by atoms with E-state index in [4.69, 9.17) is 0 Å². The highest BCUT2D eigenvalue weighted by Crippen LogP contribution is 2.10. The van der Waals surface area contributed by atoms with Crippen LogP contribution in [0.1, 0.15) is 5.56 Å². The molecule has 2 heterocycles. The third kappa shape index (κ3) is 4.18. The summed E-state index contributed by atoms with van der Waals surface area (Å²) in [6, 6.07) is 1.95. The van der Waals surface area contributed by atoms with E-state index in [1.54, 1.807) is 12.4 Å².